The number of nitrogens with zero attached hydrogens (tertiary/aromatic N) is 2. The van der Waals surface area contributed by atoms with E-state index in [0.717, 1.165) is 23.0 Å². The zero-order chi connectivity index (χ0) is 24.0. The van der Waals surface area contributed by atoms with Crippen molar-refractivity contribution in [3.8, 4) is 5.75 Å². The number of pyridine rings is 1. The Kier molecular flexibility index (Phi) is 13.3. The maximum absolute atomic E-state index is 11.5. The summed E-state index contributed by atoms with van der Waals surface area (Å²) < 4.78 is 28.0. The van der Waals surface area contributed by atoms with Gasteiger partial charge in [0, 0.05) is 17.6 Å². The van der Waals surface area contributed by atoms with E-state index in [9.17, 15) is 13.2 Å². The van der Waals surface area contributed by atoms with Crippen LogP contribution in [0.5, 0.6) is 5.75 Å². The van der Waals surface area contributed by atoms with Gasteiger partial charge in [0.15, 0.2) is 0 Å². The summed E-state index contributed by atoms with van der Waals surface area (Å²) in [5, 5.41) is 3.33. The minimum absolute atomic E-state index is 0.145. The number of amides is 1. The maximum atomic E-state index is 11.5. The van der Waals surface area contributed by atoms with Crippen molar-refractivity contribution >= 4 is 42.3 Å². The van der Waals surface area contributed by atoms with Crippen molar-refractivity contribution < 1.29 is 17.9 Å². The molecule has 8 nitrogen and oxygen atoms in total. The van der Waals surface area contributed by atoms with Gasteiger partial charge in [-0.25, -0.2) is 8.42 Å². The van der Waals surface area contributed by atoms with Crippen LogP contribution in [-0.4, -0.2) is 44.8 Å². The van der Waals surface area contributed by atoms with Crippen LogP contribution in [0.4, 0.5) is 5.69 Å². The normalized spacial score (nSPS) is 11.8. The van der Waals surface area contributed by atoms with Crippen molar-refractivity contribution in [2.75, 3.05) is 24.4 Å². The second-order valence-corrected chi connectivity index (χ2v) is 9.13. The second kappa shape index (κ2) is 14.5. The van der Waals surface area contributed by atoms with Gasteiger partial charge in [-0.1, -0.05) is 19.9 Å². The van der Waals surface area contributed by atoms with E-state index in [1.807, 2.05) is 32.9 Å². The molecular formula is C21H33N4O4PS. The van der Waals surface area contributed by atoms with Gasteiger partial charge in [0.2, 0.25) is 6.41 Å². The number of carbonyl (C=O) groups excluding carboxylic acids is 1. The van der Waals surface area contributed by atoms with Gasteiger partial charge in [0.1, 0.15) is 15.6 Å². The maximum Gasteiger partial charge on any atom is 0.211 e. The van der Waals surface area contributed by atoms with Crippen molar-refractivity contribution in [1.29, 1.82) is 0 Å². The number of aliphatic imine (C=N–C) groups is 1. The van der Waals surface area contributed by atoms with Gasteiger partial charge in [-0.2, -0.15) is 0 Å². The van der Waals surface area contributed by atoms with E-state index < -0.39 is 15.9 Å². The highest BCUT2D eigenvalue weighted by Crippen LogP contribution is 2.22. The lowest BCUT2D eigenvalue weighted by atomic mass is 10.1. The highest BCUT2D eigenvalue weighted by Gasteiger charge is 2.19. The molecule has 1 aromatic carbocycles. The molecule has 1 heterocycles. The number of methoxy groups -OCH3 is 1. The molecule has 0 aliphatic heterocycles. The van der Waals surface area contributed by atoms with Crippen LogP contribution in [0.3, 0.4) is 0 Å². The fourth-order valence-corrected chi connectivity index (χ4v) is 3.52. The zero-order valence-electron chi connectivity index (χ0n) is 18.9. The molecule has 31 heavy (non-hydrogen) atoms. The highest BCUT2D eigenvalue weighted by atomic mass is 32.2. The van der Waals surface area contributed by atoms with Gasteiger partial charge in [-0.05, 0) is 49.0 Å². The van der Waals surface area contributed by atoms with E-state index in [-0.39, 0.29) is 5.75 Å². The van der Waals surface area contributed by atoms with Crippen LogP contribution in [0.1, 0.15) is 38.1 Å². The number of amidine groups is 1. The number of sulfone groups is 1. The van der Waals surface area contributed by atoms with E-state index in [1.165, 1.54) is 0 Å². The first-order chi connectivity index (χ1) is 14.6. The first kappa shape index (κ1) is 28.5. The van der Waals surface area contributed by atoms with Crippen LogP contribution >= 0.6 is 9.24 Å². The Morgan fingerprint density at radius 1 is 1.32 bits per heavy atom. The molecule has 0 saturated carbocycles. The summed E-state index contributed by atoms with van der Waals surface area (Å²) in [5.41, 5.74) is 7.85. The standard InChI is InChI=1S/C12H18N3O3PS.C7H9NO.C2H6/c1-8(13)15-11(6-20(2,17)18)10-5-9(14-7-16)3-4-12(10)19;1-6-3-4-7(9-2)5-8-6;1-2/h3-5,7,11H,6,19H2,1-2H3,(H2,13,15)(H,14,16);3-5H,1-2H3;1-2H3. The predicted molar refractivity (Wildman–Crippen MR) is 132 cm³/mol. The molecule has 1 amide bonds. The van der Waals surface area contributed by atoms with Gasteiger partial charge < -0.3 is 15.8 Å². The van der Waals surface area contributed by atoms with Crippen LogP contribution in [0.15, 0.2) is 41.5 Å². The van der Waals surface area contributed by atoms with Crippen LogP contribution in [0, 0.1) is 6.92 Å². The number of aromatic nitrogens is 1. The van der Waals surface area contributed by atoms with Gasteiger partial charge >= 0.3 is 0 Å². The molecule has 0 radical (unpaired) electrons. The number of benzene rings is 1. The molecule has 0 aliphatic carbocycles. The second-order valence-electron chi connectivity index (χ2n) is 6.32. The predicted octanol–water partition coefficient (Wildman–Crippen LogP) is 2.64. The molecule has 2 atom stereocenters. The number of hydrogen-bond donors (Lipinski definition) is 2. The Bertz CT molecular complexity index is 944. The summed E-state index contributed by atoms with van der Waals surface area (Å²) in [5.74, 6) is 0.963. The van der Waals surface area contributed by atoms with Crippen molar-refractivity contribution in [3.63, 3.8) is 0 Å². The minimum atomic E-state index is -3.22. The van der Waals surface area contributed by atoms with Crippen LogP contribution < -0.4 is 21.1 Å². The molecule has 0 spiro atoms. The van der Waals surface area contributed by atoms with Crippen molar-refractivity contribution in [1.82, 2.24) is 4.98 Å². The molecule has 0 aliphatic rings. The van der Waals surface area contributed by atoms with E-state index in [4.69, 9.17) is 10.5 Å². The molecule has 172 valence electrons. The minimum Gasteiger partial charge on any atom is -0.495 e. The number of carbonyl (C=O) groups is 1. The third-order valence-corrected chi connectivity index (χ3v) is 5.06. The summed E-state index contributed by atoms with van der Waals surface area (Å²) in [6.45, 7) is 7.55. The Morgan fingerprint density at radius 3 is 2.42 bits per heavy atom. The lowest BCUT2D eigenvalue weighted by Gasteiger charge is -2.16. The fraction of sp³-hybridized carbons (Fsp3) is 0.381. The van der Waals surface area contributed by atoms with Crippen molar-refractivity contribution in [2.24, 2.45) is 10.7 Å². The lowest BCUT2D eigenvalue weighted by Crippen LogP contribution is -2.19. The largest absolute Gasteiger partial charge is 0.495 e. The Hall–Kier alpha value is -2.51. The number of nitrogens with one attached hydrogen (secondary N) is 1. The summed E-state index contributed by atoms with van der Waals surface area (Å²) in [7, 11) is 0.935. The van der Waals surface area contributed by atoms with E-state index in [1.54, 1.807) is 38.4 Å². The Balaban J connectivity index is 0.000000679. The quantitative estimate of drug-likeness (QED) is 0.279. The number of hydrogen-bond acceptors (Lipinski definition) is 6. The van der Waals surface area contributed by atoms with Gasteiger partial charge in [-0.3, -0.25) is 14.8 Å². The number of ether oxygens (including phenoxy) is 1. The first-order valence-electron chi connectivity index (χ1n) is 9.59. The average molecular weight is 469 g/mol. The van der Waals surface area contributed by atoms with E-state index >= 15 is 0 Å². The molecule has 3 N–H and O–H groups in total. The van der Waals surface area contributed by atoms with Crippen molar-refractivity contribution in [2.45, 2.75) is 33.7 Å². The smallest absolute Gasteiger partial charge is 0.211 e. The van der Waals surface area contributed by atoms with Crippen LogP contribution in [0.2, 0.25) is 0 Å². The molecule has 0 saturated heterocycles. The van der Waals surface area contributed by atoms with Gasteiger partial charge in [0.05, 0.1) is 30.9 Å². The number of aryl methyl sites for hydroxylation is 1. The third-order valence-electron chi connectivity index (χ3n) is 3.61. The third kappa shape index (κ3) is 12.1. The molecule has 2 aromatic rings. The first-order valence-corrected chi connectivity index (χ1v) is 12.2. The topological polar surface area (TPSA) is 124 Å². The molecule has 0 bridgehead atoms. The molecule has 2 unspecified atom stereocenters. The average Bonchev–Trinajstić information content (AvgIpc) is 2.70. The van der Waals surface area contributed by atoms with Gasteiger partial charge in [0.25, 0.3) is 0 Å². The fourth-order valence-electron chi connectivity index (χ4n) is 2.33. The number of nitrogens with two attached hydrogens (primary N) is 1. The summed E-state index contributed by atoms with van der Waals surface area (Å²) >= 11 is 0. The Morgan fingerprint density at radius 2 is 1.97 bits per heavy atom. The van der Waals surface area contributed by atoms with Crippen molar-refractivity contribution in [3.05, 3.63) is 47.8 Å². The molecule has 10 heteroatoms. The molecule has 2 rings (SSSR count). The van der Waals surface area contributed by atoms with E-state index in [2.05, 4.69) is 24.5 Å². The number of anilines is 1. The highest BCUT2D eigenvalue weighted by molar-refractivity contribution is 7.90. The summed E-state index contributed by atoms with van der Waals surface area (Å²) in [6.07, 6.45) is 3.41. The van der Waals surface area contributed by atoms with Crippen LogP contribution in [0.25, 0.3) is 0 Å². The lowest BCUT2D eigenvalue weighted by molar-refractivity contribution is -0.105. The summed E-state index contributed by atoms with van der Waals surface area (Å²) in [6, 6.07) is 8.38. The van der Waals surface area contributed by atoms with Gasteiger partial charge in [-0.15, -0.1) is 9.24 Å². The zero-order valence-corrected chi connectivity index (χ0v) is 20.9. The SMILES string of the molecule is CC.CC(N)=NC(CS(C)(=O)=O)c1cc(NC=O)ccc1P.COc1ccc(C)nc1. The molecule has 1 aromatic heterocycles. The van der Waals surface area contributed by atoms with Crippen LogP contribution in [-0.2, 0) is 14.6 Å². The molecule has 0 fully saturated rings. The molecular weight excluding hydrogens is 435 g/mol. The summed E-state index contributed by atoms with van der Waals surface area (Å²) in [4.78, 5) is 18.7. The van der Waals surface area contributed by atoms with E-state index in [0.29, 0.717) is 23.5 Å². The Labute approximate surface area is 187 Å². The number of rotatable bonds is 7. The monoisotopic (exact) mass is 468 g/mol.